The van der Waals surface area contributed by atoms with Crippen LogP contribution in [0.3, 0.4) is 0 Å². The number of anilines is 1. The molecular formula is C18H30ClN3O. The summed E-state index contributed by atoms with van der Waals surface area (Å²) in [5, 5.41) is 6.28. The van der Waals surface area contributed by atoms with Crippen LogP contribution in [0.4, 0.5) is 5.69 Å². The summed E-state index contributed by atoms with van der Waals surface area (Å²) in [6.45, 7) is 7.18. The first-order valence-electron chi connectivity index (χ1n) is 8.37. The van der Waals surface area contributed by atoms with Crippen molar-refractivity contribution in [3.63, 3.8) is 0 Å². The fourth-order valence-corrected chi connectivity index (χ4v) is 3.09. The monoisotopic (exact) mass is 339 g/mol. The maximum atomic E-state index is 12.5. The van der Waals surface area contributed by atoms with Crippen LogP contribution in [0.1, 0.15) is 31.7 Å². The lowest BCUT2D eigenvalue weighted by atomic mass is 9.93. The van der Waals surface area contributed by atoms with Gasteiger partial charge in [0.2, 0.25) is 5.91 Å². The van der Waals surface area contributed by atoms with Gasteiger partial charge in [-0.3, -0.25) is 9.69 Å². The van der Waals surface area contributed by atoms with Crippen molar-refractivity contribution in [1.82, 2.24) is 10.2 Å². The summed E-state index contributed by atoms with van der Waals surface area (Å²) in [5.41, 5.74) is 2.03. The van der Waals surface area contributed by atoms with Gasteiger partial charge in [0.25, 0.3) is 0 Å². The molecule has 2 N–H and O–H groups in total. The Bertz CT molecular complexity index is 487. The zero-order valence-electron chi connectivity index (χ0n) is 14.5. The molecule has 5 heteroatoms. The van der Waals surface area contributed by atoms with Gasteiger partial charge >= 0.3 is 0 Å². The number of piperidine rings is 1. The molecule has 1 aliphatic rings. The zero-order valence-corrected chi connectivity index (χ0v) is 15.3. The van der Waals surface area contributed by atoms with Crippen LogP contribution in [0.5, 0.6) is 0 Å². The second kappa shape index (κ2) is 9.91. The number of hydrogen-bond acceptors (Lipinski definition) is 3. The zero-order chi connectivity index (χ0) is 15.9. The number of nitrogens with zero attached hydrogens (tertiary/aromatic N) is 1. The van der Waals surface area contributed by atoms with E-state index in [1.165, 1.54) is 19.3 Å². The van der Waals surface area contributed by atoms with E-state index in [0.717, 1.165) is 36.8 Å². The third-order valence-electron chi connectivity index (χ3n) is 4.78. The second-order valence-corrected chi connectivity index (χ2v) is 6.35. The van der Waals surface area contributed by atoms with Crippen LogP contribution in [0.15, 0.2) is 24.3 Å². The van der Waals surface area contributed by atoms with Crippen molar-refractivity contribution in [2.75, 3.05) is 32.0 Å². The molecule has 1 aliphatic heterocycles. The lowest BCUT2D eigenvalue weighted by molar-refractivity contribution is -0.121. The summed E-state index contributed by atoms with van der Waals surface area (Å²) in [4.78, 5) is 14.8. The smallest absolute Gasteiger partial charge is 0.241 e. The average Bonchev–Trinajstić information content (AvgIpc) is 2.55. The molecule has 23 heavy (non-hydrogen) atoms. The van der Waals surface area contributed by atoms with Gasteiger partial charge in [0.1, 0.15) is 0 Å². The Kier molecular flexibility index (Phi) is 8.59. The third kappa shape index (κ3) is 5.79. The minimum atomic E-state index is -0.0649. The fourth-order valence-electron chi connectivity index (χ4n) is 3.09. The van der Waals surface area contributed by atoms with Crippen LogP contribution in [-0.2, 0) is 4.79 Å². The largest absolute Gasteiger partial charge is 0.324 e. The van der Waals surface area contributed by atoms with Gasteiger partial charge in [-0.15, -0.1) is 12.4 Å². The van der Waals surface area contributed by atoms with Gasteiger partial charge in [-0.25, -0.2) is 0 Å². The van der Waals surface area contributed by atoms with E-state index in [-0.39, 0.29) is 24.4 Å². The number of rotatable bonds is 6. The fraction of sp³-hybridized carbons (Fsp3) is 0.611. The quantitative estimate of drug-likeness (QED) is 0.837. The number of likely N-dealkylation sites (tertiary alicyclic amines) is 1. The highest BCUT2D eigenvalue weighted by Crippen LogP contribution is 2.22. The first-order chi connectivity index (χ1) is 10.6. The standard InChI is InChI=1S/C18H29N3O.ClH/c1-14-6-4-5-7-17(14)20-18(22)15(2)21-12-9-16(10-13-21)8-11-19-3;/h4-7,15-16,19H,8-13H2,1-3H3,(H,20,22);1H. The number of halogens is 1. The van der Waals surface area contributed by atoms with Crippen LogP contribution in [-0.4, -0.2) is 43.5 Å². The molecule has 4 nitrogen and oxygen atoms in total. The minimum absolute atomic E-state index is 0. The van der Waals surface area contributed by atoms with Crippen molar-refractivity contribution >= 4 is 24.0 Å². The molecule has 0 aliphatic carbocycles. The van der Waals surface area contributed by atoms with Gasteiger partial charge < -0.3 is 10.6 Å². The van der Waals surface area contributed by atoms with Crippen LogP contribution in [0.25, 0.3) is 0 Å². The highest BCUT2D eigenvalue weighted by atomic mass is 35.5. The molecule has 1 heterocycles. The number of nitrogens with one attached hydrogen (secondary N) is 2. The molecular weight excluding hydrogens is 310 g/mol. The number of aryl methyl sites for hydroxylation is 1. The summed E-state index contributed by atoms with van der Waals surface area (Å²) >= 11 is 0. The molecule has 0 aromatic heterocycles. The van der Waals surface area contributed by atoms with E-state index in [0.29, 0.717) is 0 Å². The van der Waals surface area contributed by atoms with Crippen molar-refractivity contribution in [2.24, 2.45) is 5.92 Å². The Labute approximate surface area is 146 Å². The van der Waals surface area contributed by atoms with E-state index < -0.39 is 0 Å². The van der Waals surface area contributed by atoms with Gasteiger partial charge in [0, 0.05) is 5.69 Å². The van der Waals surface area contributed by atoms with E-state index in [2.05, 4.69) is 15.5 Å². The Morgan fingerprint density at radius 2 is 1.96 bits per heavy atom. The summed E-state index contributed by atoms with van der Waals surface area (Å²) < 4.78 is 0. The van der Waals surface area contributed by atoms with Crippen molar-refractivity contribution in [2.45, 2.75) is 39.2 Å². The number of carbonyl (C=O) groups excluding carboxylic acids is 1. The highest BCUT2D eigenvalue weighted by Gasteiger charge is 2.26. The Hall–Kier alpha value is -1.10. The van der Waals surface area contributed by atoms with Crippen molar-refractivity contribution in [3.05, 3.63) is 29.8 Å². The van der Waals surface area contributed by atoms with Crippen LogP contribution < -0.4 is 10.6 Å². The van der Waals surface area contributed by atoms with Gasteiger partial charge in [-0.1, -0.05) is 18.2 Å². The number of hydrogen-bond donors (Lipinski definition) is 2. The number of carbonyl (C=O) groups is 1. The van der Waals surface area contributed by atoms with Gasteiger partial charge in [-0.05, 0) is 77.3 Å². The Balaban J connectivity index is 0.00000264. The van der Waals surface area contributed by atoms with Crippen molar-refractivity contribution < 1.29 is 4.79 Å². The van der Waals surface area contributed by atoms with E-state index in [4.69, 9.17) is 0 Å². The van der Waals surface area contributed by atoms with E-state index in [1.54, 1.807) is 0 Å². The number of amides is 1. The molecule has 1 unspecified atom stereocenters. The second-order valence-electron chi connectivity index (χ2n) is 6.35. The predicted molar refractivity (Wildman–Crippen MR) is 99.4 cm³/mol. The Morgan fingerprint density at radius 3 is 2.57 bits per heavy atom. The van der Waals surface area contributed by atoms with Gasteiger partial charge in [0.05, 0.1) is 6.04 Å². The van der Waals surface area contributed by atoms with E-state index in [9.17, 15) is 4.79 Å². The van der Waals surface area contributed by atoms with Crippen molar-refractivity contribution in [1.29, 1.82) is 0 Å². The molecule has 130 valence electrons. The lowest BCUT2D eigenvalue weighted by Gasteiger charge is -2.35. The molecule has 1 saturated heterocycles. The third-order valence-corrected chi connectivity index (χ3v) is 4.78. The SMILES string of the molecule is CNCCC1CCN(C(C)C(=O)Nc2ccccc2C)CC1.Cl. The molecule has 2 rings (SSSR count). The van der Waals surface area contributed by atoms with Gasteiger partial charge in [0.15, 0.2) is 0 Å². The molecule has 1 amide bonds. The maximum absolute atomic E-state index is 12.5. The first-order valence-corrected chi connectivity index (χ1v) is 8.37. The molecule has 0 radical (unpaired) electrons. The molecule has 0 saturated carbocycles. The lowest BCUT2D eigenvalue weighted by Crippen LogP contribution is -2.46. The highest BCUT2D eigenvalue weighted by molar-refractivity contribution is 5.95. The van der Waals surface area contributed by atoms with E-state index in [1.807, 2.05) is 45.2 Å². The summed E-state index contributed by atoms with van der Waals surface area (Å²) in [6.07, 6.45) is 3.64. The van der Waals surface area contributed by atoms with Crippen LogP contribution >= 0.6 is 12.4 Å². The molecule has 1 atom stereocenters. The summed E-state index contributed by atoms with van der Waals surface area (Å²) in [5.74, 6) is 0.901. The van der Waals surface area contributed by atoms with Gasteiger partial charge in [-0.2, -0.15) is 0 Å². The molecule has 0 spiro atoms. The number of para-hydroxylation sites is 1. The number of benzene rings is 1. The minimum Gasteiger partial charge on any atom is -0.324 e. The molecule has 0 bridgehead atoms. The maximum Gasteiger partial charge on any atom is 0.241 e. The summed E-state index contributed by atoms with van der Waals surface area (Å²) in [6, 6.07) is 7.87. The summed E-state index contributed by atoms with van der Waals surface area (Å²) in [7, 11) is 2.01. The van der Waals surface area contributed by atoms with E-state index >= 15 is 0 Å². The predicted octanol–water partition coefficient (Wildman–Crippen LogP) is 3.07. The average molecular weight is 340 g/mol. The van der Waals surface area contributed by atoms with Crippen LogP contribution in [0.2, 0.25) is 0 Å². The molecule has 1 aromatic rings. The topological polar surface area (TPSA) is 44.4 Å². The molecule has 1 aromatic carbocycles. The van der Waals surface area contributed by atoms with Crippen molar-refractivity contribution in [3.8, 4) is 0 Å². The normalized spacial score (nSPS) is 17.3. The molecule has 1 fully saturated rings. The van der Waals surface area contributed by atoms with Crippen LogP contribution in [0, 0.1) is 12.8 Å². The first kappa shape index (κ1) is 19.9. The Morgan fingerprint density at radius 1 is 1.30 bits per heavy atom.